The zero-order chi connectivity index (χ0) is 20.2. The first-order chi connectivity index (χ1) is 14.1. The van der Waals surface area contributed by atoms with E-state index in [4.69, 9.17) is 5.11 Å². The summed E-state index contributed by atoms with van der Waals surface area (Å²) in [6.45, 7) is 1.19. The van der Waals surface area contributed by atoms with Gasteiger partial charge in [-0.25, -0.2) is 24.1 Å². The highest BCUT2D eigenvalue weighted by Crippen LogP contribution is 2.33. The lowest BCUT2D eigenvalue weighted by molar-refractivity contribution is -0.145. The zero-order valence-corrected chi connectivity index (χ0v) is 18.8. The molecule has 1 fully saturated rings. The number of piperidine rings is 1. The van der Waals surface area contributed by atoms with Crippen LogP contribution in [0.2, 0.25) is 0 Å². The Hall–Kier alpha value is -2.49. The fraction of sp³-hybridized carbons (Fsp3) is 0.300. The lowest BCUT2D eigenvalue weighted by Gasteiger charge is -2.32. The van der Waals surface area contributed by atoms with Crippen LogP contribution in [0.3, 0.4) is 0 Å². The fourth-order valence-electron chi connectivity index (χ4n) is 3.32. The number of hydrogen-bond donors (Lipinski definition) is 2. The van der Waals surface area contributed by atoms with E-state index in [1.54, 1.807) is 12.4 Å². The van der Waals surface area contributed by atoms with Crippen LogP contribution in [-0.4, -0.2) is 45.3 Å². The number of thiazole rings is 1. The van der Waals surface area contributed by atoms with Gasteiger partial charge in [0, 0.05) is 31.4 Å². The van der Waals surface area contributed by atoms with Crippen molar-refractivity contribution in [1.29, 1.82) is 0 Å². The number of pyridine rings is 2. The van der Waals surface area contributed by atoms with E-state index in [9.17, 15) is 9.18 Å². The van der Waals surface area contributed by atoms with Crippen LogP contribution >= 0.6 is 36.2 Å². The lowest BCUT2D eigenvalue weighted by atomic mass is 9.92. The van der Waals surface area contributed by atoms with Gasteiger partial charge in [-0.1, -0.05) is 23.5 Å². The second kappa shape index (κ2) is 11.2. The minimum atomic E-state index is -1.79. The Kier molecular flexibility index (Phi) is 8.97. The van der Waals surface area contributed by atoms with Gasteiger partial charge in [0.2, 0.25) is 0 Å². The third-order valence-electron chi connectivity index (χ3n) is 4.88. The summed E-state index contributed by atoms with van der Waals surface area (Å²) < 4.78 is 13.7. The highest BCUT2D eigenvalue weighted by Gasteiger charge is 2.31. The van der Waals surface area contributed by atoms with Crippen LogP contribution in [-0.2, 0) is 4.79 Å². The van der Waals surface area contributed by atoms with Crippen LogP contribution in [0.4, 0.5) is 21.2 Å². The molecular weight excluding hydrogens is 464 g/mol. The van der Waals surface area contributed by atoms with Crippen LogP contribution in [0.1, 0.15) is 12.8 Å². The number of nitrogens with zero attached hydrogens (tertiary/aromatic N) is 4. The number of aromatic nitrogens is 3. The molecule has 1 aliphatic rings. The van der Waals surface area contributed by atoms with Crippen molar-refractivity contribution in [2.45, 2.75) is 19.0 Å². The van der Waals surface area contributed by atoms with Crippen molar-refractivity contribution in [3.05, 3.63) is 48.8 Å². The molecule has 1 atom stereocenters. The maximum Gasteiger partial charge on any atom is 0.338 e. The summed E-state index contributed by atoms with van der Waals surface area (Å²) in [6.07, 6.45) is 2.72. The summed E-state index contributed by atoms with van der Waals surface area (Å²) in [4.78, 5) is 27.2. The number of rotatable bonds is 6. The predicted octanol–water partition coefficient (Wildman–Crippen LogP) is 4.83. The van der Waals surface area contributed by atoms with Crippen molar-refractivity contribution in [3.8, 4) is 10.6 Å². The van der Waals surface area contributed by atoms with Crippen LogP contribution in [0.5, 0.6) is 0 Å². The van der Waals surface area contributed by atoms with Gasteiger partial charge >= 0.3 is 5.97 Å². The molecule has 3 aromatic rings. The molecule has 4 rings (SSSR count). The maximum absolute atomic E-state index is 13.7. The predicted molar refractivity (Wildman–Crippen MR) is 125 cm³/mol. The number of carboxylic acid groups (broad SMARTS) is 1. The molecule has 31 heavy (non-hydrogen) atoms. The van der Waals surface area contributed by atoms with E-state index < -0.39 is 18.1 Å². The average molecular weight is 486 g/mol. The van der Waals surface area contributed by atoms with Gasteiger partial charge in [-0.15, -0.1) is 24.8 Å². The number of halogens is 3. The van der Waals surface area contributed by atoms with Crippen LogP contribution in [0.15, 0.2) is 48.8 Å². The SMILES string of the molecule is Cl.Cl.O=C(O)C(F)C1CCN(c2ncc(-c3cccc(Nc4ccccn4)n3)s2)CC1. The Balaban J connectivity index is 0.00000171. The van der Waals surface area contributed by atoms with Crippen molar-refractivity contribution in [2.75, 3.05) is 23.3 Å². The van der Waals surface area contributed by atoms with Gasteiger partial charge < -0.3 is 15.3 Å². The molecule has 0 spiro atoms. The molecule has 0 saturated carbocycles. The normalized spacial score (nSPS) is 14.8. The summed E-state index contributed by atoms with van der Waals surface area (Å²) in [7, 11) is 0. The number of carbonyl (C=O) groups is 1. The van der Waals surface area contributed by atoms with E-state index in [2.05, 4.69) is 25.2 Å². The summed E-state index contributed by atoms with van der Waals surface area (Å²) in [5.74, 6) is -0.387. The van der Waals surface area contributed by atoms with E-state index in [-0.39, 0.29) is 24.8 Å². The molecule has 0 radical (unpaired) electrons. The largest absolute Gasteiger partial charge is 0.479 e. The standard InChI is InChI=1S/C20H20FN5O2S.2ClH/c21-18(19(27)28)13-7-10-26(11-8-13)20-23-12-15(29-20)14-4-3-6-17(24-14)25-16-5-1-2-9-22-16;;/h1-6,9,12-13,18H,7-8,10-11H2,(H,27,28)(H,22,24,25);2*1H. The van der Waals surface area contributed by atoms with Gasteiger partial charge in [0.15, 0.2) is 11.3 Å². The van der Waals surface area contributed by atoms with Crippen LogP contribution in [0.25, 0.3) is 10.6 Å². The van der Waals surface area contributed by atoms with Crippen molar-refractivity contribution in [1.82, 2.24) is 15.0 Å². The van der Waals surface area contributed by atoms with Crippen molar-refractivity contribution in [2.24, 2.45) is 5.92 Å². The van der Waals surface area contributed by atoms with E-state index >= 15 is 0 Å². The monoisotopic (exact) mass is 485 g/mol. The summed E-state index contributed by atoms with van der Waals surface area (Å²) >= 11 is 1.52. The molecule has 1 aliphatic heterocycles. The van der Waals surface area contributed by atoms with E-state index in [1.165, 1.54) is 11.3 Å². The third-order valence-corrected chi connectivity index (χ3v) is 5.96. The van der Waals surface area contributed by atoms with E-state index in [1.807, 2.05) is 36.4 Å². The minimum absolute atomic E-state index is 0. The lowest BCUT2D eigenvalue weighted by Crippen LogP contribution is -2.38. The van der Waals surface area contributed by atoms with Crippen LogP contribution in [0, 0.1) is 5.92 Å². The number of carboxylic acids is 1. The number of aliphatic carboxylic acids is 1. The molecule has 1 saturated heterocycles. The number of alkyl halides is 1. The molecule has 0 bridgehead atoms. The molecule has 4 heterocycles. The first-order valence-corrected chi connectivity index (χ1v) is 10.1. The number of anilines is 3. The molecule has 166 valence electrons. The number of hydrogen-bond acceptors (Lipinski definition) is 7. The van der Waals surface area contributed by atoms with Gasteiger partial charge in [-0.2, -0.15) is 0 Å². The Labute approximate surface area is 195 Å². The fourth-order valence-corrected chi connectivity index (χ4v) is 4.26. The van der Waals surface area contributed by atoms with E-state index in [0.29, 0.717) is 31.7 Å². The van der Waals surface area contributed by atoms with Crippen molar-refractivity contribution >= 4 is 58.9 Å². The highest BCUT2D eigenvalue weighted by molar-refractivity contribution is 7.18. The van der Waals surface area contributed by atoms with Gasteiger partial charge in [-0.05, 0) is 37.1 Å². The highest BCUT2D eigenvalue weighted by atomic mass is 35.5. The maximum atomic E-state index is 13.7. The quantitative estimate of drug-likeness (QED) is 0.516. The van der Waals surface area contributed by atoms with Gasteiger partial charge in [0.25, 0.3) is 0 Å². The molecule has 0 aliphatic carbocycles. The molecule has 11 heteroatoms. The molecule has 0 amide bonds. The Bertz CT molecular complexity index is 986. The molecule has 2 N–H and O–H groups in total. The molecular formula is C20H22Cl2FN5O2S. The second-order valence-corrected chi connectivity index (χ2v) is 7.83. The first-order valence-electron chi connectivity index (χ1n) is 9.33. The van der Waals surface area contributed by atoms with Gasteiger partial charge in [0.05, 0.1) is 10.6 Å². The summed E-state index contributed by atoms with van der Waals surface area (Å²) in [5, 5.41) is 12.9. The zero-order valence-electron chi connectivity index (χ0n) is 16.3. The van der Waals surface area contributed by atoms with E-state index in [0.717, 1.165) is 21.5 Å². The smallest absolute Gasteiger partial charge is 0.338 e. The summed E-state index contributed by atoms with van der Waals surface area (Å²) in [6, 6.07) is 11.3. The minimum Gasteiger partial charge on any atom is -0.479 e. The summed E-state index contributed by atoms with van der Waals surface area (Å²) in [5.41, 5.74) is 0.805. The molecule has 3 aromatic heterocycles. The second-order valence-electron chi connectivity index (χ2n) is 6.82. The first kappa shape index (κ1) is 24.8. The average Bonchev–Trinajstić information content (AvgIpc) is 3.24. The Morgan fingerprint density at radius 3 is 2.55 bits per heavy atom. The van der Waals surface area contributed by atoms with Crippen molar-refractivity contribution < 1.29 is 14.3 Å². The van der Waals surface area contributed by atoms with Gasteiger partial charge in [-0.3, -0.25) is 0 Å². The molecule has 0 aromatic carbocycles. The van der Waals surface area contributed by atoms with Gasteiger partial charge in [0.1, 0.15) is 11.6 Å². The van der Waals surface area contributed by atoms with Crippen LogP contribution < -0.4 is 10.2 Å². The third kappa shape index (κ3) is 6.03. The molecule has 7 nitrogen and oxygen atoms in total. The molecule has 1 unspecified atom stereocenters. The topological polar surface area (TPSA) is 91.2 Å². The van der Waals surface area contributed by atoms with Crippen molar-refractivity contribution in [3.63, 3.8) is 0 Å². The Morgan fingerprint density at radius 1 is 1.13 bits per heavy atom. The Morgan fingerprint density at radius 2 is 1.87 bits per heavy atom. The number of nitrogens with one attached hydrogen (secondary N) is 1.